The van der Waals surface area contributed by atoms with Crippen LogP contribution in [-0.2, 0) is 0 Å². The molecule has 0 unspecified atom stereocenters. The summed E-state index contributed by atoms with van der Waals surface area (Å²) in [6.07, 6.45) is 0. The molecular weight excluding hydrogens is 302 g/mol. The Balaban J connectivity index is -0.000000107. The molecule has 0 amide bonds. The van der Waals surface area contributed by atoms with Gasteiger partial charge in [-0.25, -0.2) is 0 Å². The Morgan fingerprint density at radius 3 is 0.455 bits per heavy atom. The van der Waals surface area contributed by atoms with E-state index in [-0.39, 0.29) is 45.5 Å². The number of rotatable bonds is 0. The van der Waals surface area contributed by atoms with E-state index in [9.17, 15) is 33.6 Å². The molecule has 0 radical (unpaired) electrons. The van der Waals surface area contributed by atoms with Gasteiger partial charge in [-0.15, -0.1) is 0 Å². The summed E-state index contributed by atoms with van der Waals surface area (Å²) in [6.45, 7) is 0. The van der Waals surface area contributed by atoms with Crippen LogP contribution in [0.1, 0.15) is 0 Å². The molecule has 0 heterocycles. The van der Waals surface area contributed by atoms with Gasteiger partial charge in [0.1, 0.15) is 0 Å². The standard InChI is InChI=1S/2F4P.Sr/c2*1-5(2,3)4;/q2*-1;+2. The summed E-state index contributed by atoms with van der Waals surface area (Å²) < 4.78 is 78.4. The maximum atomic E-state index is 9.80. The zero-order chi connectivity index (χ0) is 9.00. The molecule has 68 valence electrons. The first-order valence-corrected chi connectivity index (χ1v) is 4.06. The monoisotopic (exact) mass is 302 g/mol. The van der Waals surface area contributed by atoms with Crippen molar-refractivity contribution >= 4 is 62.5 Å². The Labute approximate surface area is 95.2 Å². The minimum atomic E-state index is -6.39. The van der Waals surface area contributed by atoms with Gasteiger partial charge in [0.15, 0.2) is 0 Å². The smallest absolute Gasteiger partial charge is 2.00 e. The Morgan fingerprint density at radius 2 is 0.455 bits per heavy atom. The molecule has 0 N–H and O–H groups in total. The molecule has 0 aromatic rings. The molecule has 0 saturated heterocycles. The number of hydrogen-bond donors (Lipinski definition) is 0. The molecule has 0 nitrogen and oxygen atoms in total. The van der Waals surface area contributed by atoms with E-state index in [1.54, 1.807) is 0 Å². The van der Waals surface area contributed by atoms with Gasteiger partial charge in [-0.2, -0.15) is 0 Å². The second-order valence-electron chi connectivity index (χ2n) is 0.767. The van der Waals surface area contributed by atoms with Gasteiger partial charge >= 0.3 is 96.1 Å². The summed E-state index contributed by atoms with van der Waals surface area (Å²) in [6, 6.07) is 0. The molecule has 0 fully saturated rings. The van der Waals surface area contributed by atoms with Gasteiger partial charge in [-0.3, -0.25) is 0 Å². The number of halogens is 8. The van der Waals surface area contributed by atoms with Crippen LogP contribution in [0.25, 0.3) is 0 Å². The van der Waals surface area contributed by atoms with E-state index >= 15 is 0 Å². The van der Waals surface area contributed by atoms with Crippen LogP contribution in [0.4, 0.5) is 33.6 Å². The van der Waals surface area contributed by atoms with E-state index in [1.165, 1.54) is 0 Å². The van der Waals surface area contributed by atoms with Crippen LogP contribution < -0.4 is 0 Å². The fourth-order valence-electron chi connectivity index (χ4n) is 0. The van der Waals surface area contributed by atoms with Gasteiger partial charge in [0.2, 0.25) is 0 Å². The molecule has 0 aliphatic heterocycles. The Kier molecular flexibility index (Phi) is 12.2. The average molecular weight is 302 g/mol. The SMILES string of the molecule is F[P-](F)(F)F.F[P-](F)(F)F.[Sr+2]. The zero-order valence-electron chi connectivity index (χ0n) is 4.63. The summed E-state index contributed by atoms with van der Waals surface area (Å²) in [5.74, 6) is 0. The maximum Gasteiger partial charge on any atom is 2.00 e. The van der Waals surface area contributed by atoms with Crippen molar-refractivity contribution in [2.75, 3.05) is 0 Å². The van der Waals surface area contributed by atoms with Crippen LogP contribution in [0.3, 0.4) is 0 Å². The van der Waals surface area contributed by atoms with E-state index in [2.05, 4.69) is 0 Å². The van der Waals surface area contributed by atoms with Crippen molar-refractivity contribution in [3.63, 3.8) is 0 Å². The summed E-state index contributed by atoms with van der Waals surface area (Å²) in [5.41, 5.74) is 0. The second-order valence-corrected chi connectivity index (χ2v) is 2.30. The molecular formula is F8P2Sr. The molecule has 0 saturated carbocycles. The van der Waals surface area contributed by atoms with E-state index < -0.39 is 17.0 Å². The fourth-order valence-corrected chi connectivity index (χ4v) is 0. The third kappa shape index (κ3) is 355. The van der Waals surface area contributed by atoms with Crippen LogP contribution >= 0.6 is 17.0 Å². The summed E-state index contributed by atoms with van der Waals surface area (Å²) in [7, 11) is -12.8. The average Bonchev–Trinajstić information content (AvgIpc) is 1.12. The molecule has 11 heavy (non-hydrogen) atoms. The number of hydrogen-bond acceptors (Lipinski definition) is 0. The first kappa shape index (κ1) is 18.5. The van der Waals surface area contributed by atoms with Crippen molar-refractivity contribution < 1.29 is 33.6 Å². The summed E-state index contributed by atoms with van der Waals surface area (Å²) in [4.78, 5) is 0. The summed E-state index contributed by atoms with van der Waals surface area (Å²) >= 11 is 0. The minimum Gasteiger partial charge on any atom is 2.00 e. The molecule has 0 aromatic carbocycles. The Morgan fingerprint density at radius 1 is 0.455 bits per heavy atom. The third-order valence-electron chi connectivity index (χ3n) is 0. The largest absolute Gasteiger partial charge is 2.00 e. The fraction of sp³-hybridized carbons (Fsp3) is 0. The molecule has 11 heteroatoms. The van der Waals surface area contributed by atoms with Crippen molar-refractivity contribution in [3.8, 4) is 0 Å². The molecule has 0 atom stereocenters. The van der Waals surface area contributed by atoms with Gasteiger partial charge < -0.3 is 0 Å². The van der Waals surface area contributed by atoms with E-state index in [0.717, 1.165) is 0 Å². The second kappa shape index (κ2) is 7.21. The van der Waals surface area contributed by atoms with Crippen LogP contribution in [0, 0.1) is 0 Å². The maximum absolute atomic E-state index is 9.80. The molecule has 0 rings (SSSR count). The van der Waals surface area contributed by atoms with E-state index in [4.69, 9.17) is 0 Å². The molecule has 0 bridgehead atoms. The molecule has 0 aliphatic carbocycles. The van der Waals surface area contributed by atoms with Crippen LogP contribution in [0.2, 0.25) is 0 Å². The van der Waals surface area contributed by atoms with Gasteiger partial charge in [0.25, 0.3) is 0 Å². The first-order chi connectivity index (χ1) is 4.00. The van der Waals surface area contributed by atoms with E-state index in [1.807, 2.05) is 0 Å². The third-order valence-corrected chi connectivity index (χ3v) is 0. The quantitative estimate of drug-likeness (QED) is 0.345. The predicted molar refractivity (Wildman–Crippen MR) is 28.5 cm³/mol. The Hall–Kier alpha value is 1.78. The van der Waals surface area contributed by atoms with Gasteiger partial charge in [0.05, 0.1) is 0 Å². The van der Waals surface area contributed by atoms with Gasteiger partial charge in [-0.1, -0.05) is 0 Å². The van der Waals surface area contributed by atoms with Crippen LogP contribution in [0.5, 0.6) is 0 Å². The first-order valence-electron chi connectivity index (χ1n) is 1.35. The van der Waals surface area contributed by atoms with E-state index in [0.29, 0.717) is 0 Å². The van der Waals surface area contributed by atoms with Crippen LogP contribution in [-0.4, -0.2) is 45.5 Å². The predicted octanol–water partition coefficient (Wildman–Crippen LogP) is 4.70. The molecule has 0 aliphatic rings. The van der Waals surface area contributed by atoms with Crippen molar-refractivity contribution in [2.45, 2.75) is 0 Å². The Bertz CT molecular complexity index is 55.1. The van der Waals surface area contributed by atoms with Crippen molar-refractivity contribution in [3.05, 3.63) is 0 Å². The molecule has 0 aromatic heterocycles. The van der Waals surface area contributed by atoms with Gasteiger partial charge in [-0.05, 0) is 0 Å². The topological polar surface area (TPSA) is 0 Å². The minimum absolute atomic E-state index is 0. The van der Waals surface area contributed by atoms with Gasteiger partial charge in [0, 0.05) is 0 Å². The van der Waals surface area contributed by atoms with Crippen LogP contribution in [0.15, 0.2) is 0 Å². The van der Waals surface area contributed by atoms with Crippen molar-refractivity contribution in [1.82, 2.24) is 0 Å². The van der Waals surface area contributed by atoms with Crippen molar-refractivity contribution in [1.29, 1.82) is 0 Å². The summed E-state index contributed by atoms with van der Waals surface area (Å²) in [5, 5.41) is 0. The van der Waals surface area contributed by atoms with Crippen molar-refractivity contribution in [2.24, 2.45) is 0 Å². The normalized spacial score (nSPS) is 13.8. The zero-order valence-corrected chi connectivity index (χ0v) is 9.89. The molecule has 0 spiro atoms.